The maximum absolute atomic E-state index is 10.7. The maximum atomic E-state index is 10.7. The number of hydrogen-bond donors (Lipinski definition) is 1. The number of carbonyl (C=O) groups is 1. The van der Waals surface area contributed by atoms with Gasteiger partial charge in [-0.2, -0.15) is 0 Å². The molecule has 58 valence electrons. The lowest BCUT2D eigenvalue weighted by atomic mass is 10.8. The Balaban J connectivity index is 3.72. The first-order chi connectivity index (χ1) is 4.72. The summed E-state index contributed by atoms with van der Waals surface area (Å²) in [6.07, 6.45) is 1.28. The Labute approximate surface area is 59.6 Å². The van der Waals surface area contributed by atoms with Crippen LogP contribution in [0.3, 0.4) is 0 Å². The molecule has 0 radical (unpaired) electrons. The average molecular weight is 145 g/mol. The van der Waals surface area contributed by atoms with Crippen LogP contribution in [0.15, 0.2) is 5.16 Å². The number of amides is 2. The highest BCUT2D eigenvalue weighted by Crippen LogP contribution is 1.77. The van der Waals surface area contributed by atoms with Crippen molar-refractivity contribution in [3.8, 4) is 0 Å². The number of nitrogens with zero attached hydrogens (tertiary/aromatic N) is 2. The highest BCUT2D eigenvalue weighted by Gasteiger charge is 1.99. The zero-order valence-corrected chi connectivity index (χ0v) is 6.29. The number of carbonyl (C=O) groups excluding carboxylic acids is 1. The molecule has 0 aliphatic rings. The van der Waals surface area contributed by atoms with Crippen molar-refractivity contribution in [2.24, 2.45) is 5.16 Å². The first-order valence-corrected chi connectivity index (χ1v) is 2.73. The second kappa shape index (κ2) is 4.60. The summed E-state index contributed by atoms with van der Waals surface area (Å²) in [5, 5.41) is 5.79. The Kier molecular flexibility index (Phi) is 4.02. The fraction of sp³-hybridized carbons (Fsp3) is 0.600. The third-order valence-corrected chi connectivity index (χ3v) is 0.860. The Morgan fingerprint density at radius 2 is 2.40 bits per heavy atom. The Morgan fingerprint density at radius 3 is 2.80 bits per heavy atom. The van der Waals surface area contributed by atoms with E-state index in [0.717, 1.165) is 0 Å². The van der Waals surface area contributed by atoms with Gasteiger partial charge >= 0.3 is 6.03 Å². The summed E-state index contributed by atoms with van der Waals surface area (Å²) in [6.45, 7) is 0. The minimum absolute atomic E-state index is 0.235. The molecule has 0 saturated carbocycles. The predicted molar refractivity (Wildman–Crippen MR) is 37.7 cm³/mol. The molecular weight excluding hydrogens is 134 g/mol. The molecule has 0 fully saturated rings. The fourth-order valence-corrected chi connectivity index (χ4v) is 0.347. The molecule has 1 N–H and O–H groups in total. The van der Waals surface area contributed by atoms with Crippen LogP contribution < -0.4 is 5.32 Å². The van der Waals surface area contributed by atoms with Gasteiger partial charge in [0, 0.05) is 14.1 Å². The van der Waals surface area contributed by atoms with E-state index in [1.54, 1.807) is 14.1 Å². The summed E-state index contributed by atoms with van der Waals surface area (Å²) in [6, 6.07) is -0.235. The predicted octanol–water partition coefficient (Wildman–Crippen LogP) is -0.153. The lowest BCUT2D eigenvalue weighted by Gasteiger charge is -2.07. The first-order valence-electron chi connectivity index (χ1n) is 2.73. The molecule has 0 rings (SSSR count). The van der Waals surface area contributed by atoms with Crippen molar-refractivity contribution in [2.45, 2.75) is 0 Å². The fourth-order valence-electron chi connectivity index (χ4n) is 0.347. The van der Waals surface area contributed by atoms with Gasteiger partial charge in [0.25, 0.3) is 0 Å². The molecule has 0 aromatic carbocycles. The van der Waals surface area contributed by atoms with Gasteiger partial charge in [-0.05, 0) is 0 Å². The van der Waals surface area contributed by atoms with Crippen molar-refractivity contribution in [2.75, 3.05) is 21.2 Å². The van der Waals surface area contributed by atoms with Gasteiger partial charge in [0.2, 0.25) is 0 Å². The maximum Gasteiger partial charge on any atom is 0.322 e. The molecule has 5 nitrogen and oxygen atoms in total. The Hall–Kier alpha value is -1.26. The van der Waals surface area contributed by atoms with Crippen molar-refractivity contribution < 1.29 is 9.63 Å². The quantitative estimate of drug-likeness (QED) is 0.333. The summed E-state index contributed by atoms with van der Waals surface area (Å²) < 4.78 is 0. The van der Waals surface area contributed by atoms with Crippen molar-refractivity contribution >= 4 is 12.4 Å². The molecule has 0 heterocycles. The molecule has 0 aromatic rings. The third-order valence-electron chi connectivity index (χ3n) is 0.860. The van der Waals surface area contributed by atoms with E-state index in [1.807, 2.05) is 0 Å². The van der Waals surface area contributed by atoms with Gasteiger partial charge in [-0.25, -0.2) is 4.79 Å². The second-order valence-electron chi connectivity index (χ2n) is 1.57. The number of rotatable bonds is 2. The van der Waals surface area contributed by atoms with Crippen LogP contribution in [0.1, 0.15) is 0 Å². The van der Waals surface area contributed by atoms with E-state index < -0.39 is 0 Å². The largest absolute Gasteiger partial charge is 0.398 e. The van der Waals surface area contributed by atoms with E-state index in [0.29, 0.717) is 0 Å². The van der Waals surface area contributed by atoms with Crippen LogP contribution in [-0.2, 0) is 4.84 Å². The highest BCUT2D eigenvalue weighted by atomic mass is 16.6. The van der Waals surface area contributed by atoms with Gasteiger partial charge in [0.1, 0.15) is 13.4 Å². The summed E-state index contributed by atoms with van der Waals surface area (Å²) >= 11 is 0. The molecule has 0 saturated heterocycles. The van der Waals surface area contributed by atoms with Crippen LogP contribution in [-0.4, -0.2) is 38.5 Å². The van der Waals surface area contributed by atoms with Gasteiger partial charge in [-0.1, -0.05) is 5.16 Å². The monoisotopic (exact) mass is 145 g/mol. The van der Waals surface area contributed by atoms with Crippen LogP contribution in [0.4, 0.5) is 4.79 Å². The molecule has 0 aliphatic heterocycles. The topological polar surface area (TPSA) is 53.9 Å². The van der Waals surface area contributed by atoms with Crippen molar-refractivity contribution in [3.63, 3.8) is 0 Å². The van der Waals surface area contributed by atoms with Gasteiger partial charge in [-0.3, -0.25) is 4.90 Å². The third kappa shape index (κ3) is 2.91. The van der Waals surface area contributed by atoms with Crippen LogP contribution in [0.2, 0.25) is 0 Å². The molecule has 0 spiro atoms. The molecule has 5 heteroatoms. The van der Waals surface area contributed by atoms with Gasteiger partial charge in [0.05, 0.1) is 0 Å². The van der Waals surface area contributed by atoms with Crippen LogP contribution >= 0.6 is 0 Å². The number of oxime groups is 1. The zero-order valence-electron chi connectivity index (χ0n) is 6.29. The normalized spacial score (nSPS) is 9.50. The highest BCUT2D eigenvalue weighted by molar-refractivity contribution is 5.85. The summed E-state index contributed by atoms with van der Waals surface area (Å²) in [5.41, 5.74) is 0. The van der Waals surface area contributed by atoms with E-state index in [9.17, 15) is 4.79 Å². The van der Waals surface area contributed by atoms with Crippen LogP contribution in [0.25, 0.3) is 0 Å². The number of nitrogens with one attached hydrogen (secondary N) is 1. The Bertz CT molecular complexity index is 135. The van der Waals surface area contributed by atoms with Crippen molar-refractivity contribution in [3.05, 3.63) is 0 Å². The molecule has 2 amide bonds. The van der Waals surface area contributed by atoms with E-state index in [1.165, 1.54) is 18.3 Å². The van der Waals surface area contributed by atoms with Gasteiger partial charge in [-0.15, -0.1) is 0 Å². The molecule has 0 bridgehead atoms. The van der Waals surface area contributed by atoms with E-state index in [2.05, 4.69) is 15.3 Å². The Morgan fingerprint density at radius 1 is 1.80 bits per heavy atom. The number of hydrogen-bond acceptors (Lipinski definition) is 3. The summed E-state index contributed by atoms with van der Waals surface area (Å²) in [5.74, 6) is 0. The minimum atomic E-state index is -0.235. The molecular formula is C5H11N3O2. The molecule has 0 unspecified atom stereocenters. The molecule has 0 aromatic heterocycles. The van der Waals surface area contributed by atoms with E-state index in [4.69, 9.17) is 0 Å². The minimum Gasteiger partial charge on any atom is -0.398 e. The lowest BCUT2D eigenvalue weighted by Crippen LogP contribution is -2.33. The zero-order chi connectivity index (χ0) is 7.98. The van der Waals surface area contributed by atoms with Crippen molar-refractivity contribution in [1.29, 1.82) is 0 Å². The summed E-state index contributed by atoms with van der Waals surface area (Å²) in [4.78, 5) is 16.3. The standard InChI is InChI=1S/C5H11N3O2/c1-6-5(9)8(2)4-7-10-3/h4H,1-3H3,(H,6,9). The first kappa shape index (κ1) is 8.74. The van der Waals surface area contributed by atoms with E-state index >= 15 is 0 Å². The second-order valence-corrected chi connectivity index (χ2v) is 1.57. The molecule has 10 heavy (non-hydrogen) atoms. The van der Waals surface area contributed by atoms with Crippen LogP contribution in [0.5, 0.6) is 0 Å². The lowest BCUT2D eigenvalue weighted by molar-refractivity contribution is 0.206. The van der Waals surface area contributed by atoms with Crippen molar-refractivity contribution in [1.82, 2.24) is 10.2 Å². The SMILES string of the molecule is CNC(=O)N(C)C=NOC. The van der Waals surface area contributed by atoms with E-state index in [-0.39, 0.29) is 6.03 Å². The average Bonchev–Trinajstić information content (AvgIpc) is 1.98. The molecule has 0 aliphatic carbocycles. The van der Waals surface area contributed by atoms with Gasteiger partial charge < -0.3 is 10.2 Å². The molecule has 0 atom stereocenters. The number of urea groups is 1. The summed E-state index contributed by atoms with van der Waals surface area (Å²) in [7, 11) is 4.52. The van der Waals surface area contributed by atoms with Crippen LogP contribution in [0, 0.1) is 0 Å². The smallest absolute Gasteiger partial charge is 0.322 e. The van der Waals surface area contributed by atoms with Gasteiger partial charge in [0.15, 0.2) is 0 Å².